The van der Waals surface area contributed by atoms with Gasteiger partial charge in [-0.15, -0.1) is 0 Å². The van der Waals surface area contributed by atoms with Gasteiger partial charge in [0.15, 0.2) is 0 Å². The Morgan fingerprint density at radius 2 is 2.11 bits per heavy atom. The van der Waals surface area contributed by atoms with E-state index in [0.717, 1.165) is 5.56 Å². The smallest absolute Gasteiger partial charge is 0.329 e. The number of rotatable bonds is 4. The number of carbonyl (C=O) groups excluding carboxylic acids is 2. The molecule has 0 aliphatic carbocycles. The highest BCUT2D eigenvalue weighted by Crippen LogP contribution is 2.31. The van der Waals surface area contributed by atoms with E-state index in [2.05, 4.69) is 0 Å². The van der Waals surface area contributed by atoms with Crippen LogP contribution < -0.4 is 0 Å². The molecule has 1 aliphatic heterocycles. The summed E-state index contributed by atoms with van der Waals surface area (Å²) >= 11 is 0. The first-order valence-corrected chi connectivity index (χ1v) is 6.18. The van der Waals surface area contributed by atoms with E-state index in [1.807, 2.05) is 37.3 Å². The number of benzene rings is 1. The van der Waals surface area contributed by atoms with Crippen LogP contribution in [-0.2, 0) is 14.3 Å². The number of hydrogen-bond donors (Lipinski definition) is 0. The van der Waals surface area contributed by atoms with E-state index >= 15 is 0 Å². The number of β-lactam (4-membered cyclic amide) rings is 1. The fourth-order valence-electron chi connectivity index (χ4n) is 2.24. The Labute approximate surface area is 107 Å². The molecule has 4 heteroatoms. The maximum atomic E-state index is 11.7. The van der Waals surface area contributed by atoms with Gasteiger partial charge in [-0.25, -0.2) is 4.79 Å². The third-order valence-electron chi connectivity index (χ3n) is 3.25. The Bertz CT molecular complexity index is 444. The summed E-state index contributed by atoms with van der Waals surface area (Å²) in [6, 6.07) is 9.17. The highest BCUT2D eigenvalue weighted by molar-refractivity contribution is 5.95. The molecule has 0 spiro atoms. The van der Waals surface area contributed by atoms with Gasteiger partial charge in [-0.1, -0.05) is 30.3 Å². The minimum atomic E-state index is -0.423. The predicted octanol–water partition coefficient (Wildman–Crippen LogP) is 1.91. The summed E-state index contributed by atoms with van der Waals surface area (Å²) < 4.78 is 4.98. The van der Waals surface area contributed by atoms with Gasteiger partial charge < -0.3 is 9.64 Å². The van der Waals surface area contributed by atoms with E-state index in [0.29, 0.717) is 6.61 Å². The van der Waals surface area contributed by atoms with Crippen LogP contribution in [-0.4, -0.2) is 29.4 Å². The summed E-state index contributed by atoms with van der Waals surface area (Å²) in [6.45, 7) is 4.04. The molecule has 2 rings (SSSR count). The minimum Gasteiger partial charge on any atom is -0.464 e. The monoisotopic (exact) mass is 247 g/mol. The molecule has 0 saturated carbocycles. The van der Waals surface area contributed by atoms with Crippen molar-refractivity contribution in [3.63, 3.8) is 0 Å². The Morgan fingerprint density at radius 1 is 1.44 bits per heavy atom. The Morgan fingerprint density at radius 3 is 2.67 bits per heavy atom. The van der Waals surface area contributed by atoms with Gasteiger partial charge in [0.2, 0.25) is 5.91 Å². The third-order valence-corrected chi connectivity index (χ3v) is 3.25. The lowest BCUT2D eigenvalue weighted by Gasteiger charge is -2.42. The van der Waals surface area contributed by atoms with Crippen LogP contribution in [0.1, 0.15) is 31.9 Å². The first-order valence-electron chi connectivity index (χ1n) is 6.18. The topological polar surface area (TPSA) is 46.6 Å². The molecule has 0 N–H and O–H groups in total. The maximum absolute atomic E-state index is 11.7. The summed E-state index contributed by atoms with van der Waals surface area (Å²) in [4.78, 5) is 25.0. The molecular weight excluding hydrogens is 230 g/mol. The predicted molar refractivity (Wildman–Crippen MR) is 66.7 cm³/mol. The molecule has 1 heterocycles. The van der Waals surface area contributed by atoms with Gasteiger partial charge in [0.25, 0.3) is 0 Å². The average molecular weight is 247 g/mol. The van der Waals surface area contributed by atoms with E-state index < -0.39 is 6.04 Å². The largest absolute Gasteiger partial charge is 0.464 e. The van der Waals surface area contributed by atoms with Gasteiger partial charge >= 0.3 is 5.97 Å². The summed E-state index contributed by atoms with van der Waals surface area (Å²) in [5.74, 6) is -0.302. The number of amides is 1. The molecule has 96 valence electrons. The fourth-order valence-corrected chi connectivity index (χ4v) is 2.24. The molecule has 4 nitrogen and oxygen atoms in total. The molecule has 2 atom stereocenters. The molecular formula is C14H17NO3. The van der Waals surface area contributed by atoms with Crippen molar-refractivity contribution in [3.8, 4) is 0 Å². The molecule has 1 aromatic rings. The van der Waals surface area contributed by atoms with Crippen molar-refractivity contribution in [2.24, 2.45) is 0 Å². The highest BCUT2D eigenvalue weighted by Gasteiger charge is 2.44. The quantitative estimate of drug-likeness (QED) is 0.603. The Balaban J connectivity index is 2.11. The van der Waals surface area contributed by atoms with Crippen LogP contribution in [0.15, 0.2) is 30.3 Å². The van der Waals surface area contributed by atoms with Crippen molar-refractivity contribution in [1.82, 2.24) is 4.90 Å². The van der Waals surface area contributed by atoms with Crippen molar-refractivity contribution in [2.75, 3.05) is 6.61 Å². The van der Waals surface area contributed by atoms with Crippen molar-refractivity contribution in [3.05, 3.63) is 35.9 Å². The Hall–Kier alpha value is -1.84. The number of hydrogen-bond acceptors (Lipinski definition) is 3. The fraction of sp³-hybridized carbons (Fsp3) is 0.429. The zero-order chi connectivity index (χ0) is 13.1. The standard InChI is InChI=1S/C14H17NO3/c1-3-18-14(17)12-9-13(16)15(12)10(2)11-7-5-4-6-8-11/h4-8,10,12H,3,9H2,1-2H3/t10-,12-/m1/s1. The van der Waals surface area contributed by atoms with Gasteiger partial charge in [-0.3, -0.25) is 4.79 Å². The number of ether oxygens (including phenoxy) is 1. The van der Waals surface area contributed by atoms with Crippen molar-refractivity contribution < 1.29 is 14.3 Å². The van der Waals surface area contributed by atoms with Gasteiger partial charge in [-0.2, -0.15) is 0 Å². The van der Waals surface area contributed by atoms with E-state index in [1.54, 1.807) is 11.8 Å². The van der Waals surface area contributed by atoms with E-state index in [1.165, 1.54) is 0 Å². The molecule has 0 unspecified atom stereocenters. The lowest BCUT2D eigenvalue weighted by atomic mass is 9.95. The maximum Gasteiger partial charge on any atom is 0.329 e. The minimum absolute atomic E-state index is 0.00408. The normalized spacial score (nSPS) is 20.2. The highest BCUT2D eigenvalue weighted by atomic mass is 16.5. The van der Waals surface area contributed by atoms with Crippen LogP contribution in [0.2, 0.25) is 0 Å². The van der Waals surface area contributed by atoms with Crippen LogP contribution >= 0.6 is 0 Å². The summed E-state index contributed by atoms with van der Waals surface area (Å²) in [5.41, 5.74) is 1.03. The number of nitrogens with zero attached hydrogens (tertiary/aromatic N) is 1. The van der Waals surface area contributed by atoms with Crippen molar-refractivity contribution in [1.29, 1.82) is 0 Å². The van der Waals surface area contributed by atoms with Crippen molar-refractivity contribution >= 4 is 11.9 Å². The van der Waals surface area contributed by atoms with Crippen LogP contribution in [0, 0.1) is 0 Å². The SMILES string of the molecule is CCOC(=O)[C@H]1CC(=O)N1[C@H](C)c1ccccc1. The van der Waals surface area contributed by atoms with Gasteiger partial charge in [0.1, 0.15) is 6.04 Å². The van der Waals surface area contributed by atoms with E-state index in [9.17, 15) is 9.59 Å². The molecule has 0 bridgehead atoms. The molecule has 0 aromatic heterocycles. The van der Waals surface area contributed by atoms with Crippen LogP contribution in [0.5, 0.6) is 0 Å². The van der Waals surface area contributed by atoms with Crippen LogP contribution in [0.3, 0.4) is 0 Å². The summed E-state index contributed by atoms with van der Waals surface area (Å²) in [5, 5.41) is 0. The molecule has 1 fully saturated rings. The zero-order valence-corrected chi connectivity index (χ0v) is 10.6. The Kier molecular flexibility index (Phi) is 3.65. The summed E-state index contributed by atoms with van der Waals surface area (Å²) in [7, 11) is 0. The van der Waals surface area contributed by atoms with Gasteiger partial charge in [0, 0.05) is 0 Å². The molecule has 1 saturated heterocycles. The summed E-state index contributed by atoms with van der Waals surface area (Å²) in [6.07, 6.45) is 0.260. The lowest BCUT2D eigenvalue weighted by Crippen LogP contribution is -2.57. The number of esters is 1. The molecule has 1 aliphatic rings. The molecule has 1 aromatic carbocycles. The second-order valence-corrected chi connectivity index (χ2v) is 4.36. The van der Waals surface area contributed by atoms with Gasteiger partial charge in [0.05, 0.1) is 19.1 Å². The second kappa shape index (κ2) is 5.21. The zero-order valence-electron chi connectivity index (χ0n) is 10.6. The first kappa shape index (κ1) is 12.6. The van der Waals surface area contributed by atoms with Crippen LogP contribution in [0.4, 0.5) is 0 Å². The number of carbonyl (C=O) groups is 2. The van der Waals surface area contributed by atoms with E-state index in [4.69, 9.17) is 4.74 Å². The third kappa shape index (κ3) is 2.23. The molecule has 1 amide bonds. The average Bonchev–Trinajstić information content (AvgIpc) is 2.37. The van der Waals surface area contributed by atoms with Crippen molar-refractivity contribution in [2.45, 2.75) is 32.4 Å². The molecule has 0 radical (unpaired) electrons. The number of likely N-dealkylation sites (tertiary alicyclic amines) is 1. The second-order valence-electron chi connectivity index (χ2n) is 4.36. The molecule has 18 heavy (non-hydrogen) atoms. The van der Waals surface area contributed by atoms with Gasteiger partial charge in [-0.05, 0) is 19.4 Å². The van der Waals surface area contributed by atoms with E-state index in [-0.39, 0.29) is 24.3 Å². The lowest BCUT2D eigenvalue weighted by molar-refractivity contribution is -0.168. The van der Waals surface area contributed by atoms with Crippen LogP contribution in [0.25, 0.3) is 0 Å². The first-order chi connectivity index (χ1) is 8.65.